The summed E-state index contributed by atoms with van der Waals surface area (Å²) in [4.78, 5) is 14.9. The van der Waals surface area contributed by atoms with E-state index >= 15 is 0 Å². The van der Waals surface area contributed by atoms with E-state index in [0.717, 1.165) is 25.2 Å². The van der Waals surface area contributed by atoms with Crippen LogP contribution in [0, 0.1) is 5.92 Å². The summed E-state index contributed by atoms with van der Waals surface area (Å²) in [5, 5.41) is 3.26. The lowest BCUT2D eigenvalue weighted by atomic mass is 9.92. The molecular weight excluding hydrogens is 252 g/mol. The summed E-state index contributed by atoms with van der Waals surface area (Å²) < 4.78 is 5.28. The lowest BCUT2D eigenvalue weighted by molar-refractivity contribution is -0.151. The fourth-order valence-electron chi connectivity index (χ4n) is 3.92. The molecular formula is C16H30N2O2. The van der Waals surface area contributed by atoms with Crippen LogP contribution < -0.4 is 5.32 Å². The molecule has 4 heteroatoms. The summed E-state index contributed by atoms with van der Waals surface area (Å²) in [6, 6.07) is 1.16. The Hall–Kier alpha value is -0.610. The molecule has 4 atom stereocenters. The van der Waals surface area contributed by atoms with Gasteiger partial charge in [-0.3, -0.25) is 9.69 Å². The van der Waals surface area contributed by atoms with E-state index in [2.05, 4.69) is 24.1 Å². The van der Waals surface area contributed by atoms with Crippen molar-refractivity contribution < 1.29 is 9.53 Å². The summed E-state index contributed by atoms with van der Waals surface area (Å²) in [6.07, 6.45) is 5.49. The van der Waals surface area contributed by atoms with Crippen LogP contribution in [0.2, 0.25) is 0 Å². The average Bonchev–Trinajstić information content (AvgIpc) is 2.87. The third-order valence-electron chi connectivity index (χ3n) is 5.27. The van der Waals surface area contributed by atoms with Crippen LogP contribution in [0.15, 0.2) is 0 Å². The van der Waals surface area contributed by atoms with Crippen molar-refractivity contribution in [2.45, 2.75) is 70.5 Å². The lowest BCUT2D eigenvalue weighted by Crippen LogP contribution is -2.52. The molecule has 0 aromatic rings. The molecule has 4 unspecified atom stereocenters. The Balaban J connectivity index is 2.04. The molecule has 1 heterocycles. The van der Waals surface area contributed by atoms with Crippen molar-refractivity contribution in [1.82, 2.24) is 10.2 Å². The number of nitrogens with zero attached hydrogens (tertiary/aromatic N) is 1. The zero-order valence-electron chi connectivity index (χ0n) is 13.4. The highest BCUT2D eigenvalue weighted by Crippen LogP contribution is 2.37. The van der Waals surface area contributed by atoms with Crippen molar-refractivity contribution in [2.75, 3.05) is 20.2 Å². The Kier molecular flexibility index (Phi) is 5.08. The van der Waals surface area contributed by atoms with Crippen molar-refractivity contribution >= 4 is 5.97 Å². The van der Waals surface area contributed by atoms with Gasteiger partial charge in [0.1, 0.15) is 5.54 Å². The SMILES string of the molecule is CCOC(=O)C1(NC)CCC(N2CC(C)CCC2C)C1. The largest absolute Gasteiger partial charge is 0.465 e. The van der Waals surface area contributed by atoms with Gasteiger partial charge < -0.3 is 10.1 Å². The number of ether oxygens (including phenoxy) is 1. The van der Waals surface area contributed by atoms with E-state index in [1.165, 1.54) is 19.4 Å². The van der Waals surface area contributed by atoms with Gasteiger partial charge >= 0.3 is 5.97 Å². The molecule has 0 aromatic carbocycles. The minimum absolute atomic E-state index is 0.0669. The quantitative estimate of drug-likeness (QED) is 0.803. The molecule has 0 radical (unpaired) electrons. The summed E-state index contributed by atoms with van der Waals surface area (Å²) in [5.41, 5.74) is -0.457. The van der Waals surface area contributed by atoms with Crippen molar-refractivity contribution in [3.63, 3.8) is 0 Å². The first kappa shape index (κ1) is 15.8. The van der Waals surface area contributed by atoms with Crippen LogP contribution in [0.25, 0.3) is 0 Å². The molecule has 20 heavy (non-hydrogen) atoms. The number of likely N-dealkylation sites (N-methyl/N-ethyl adjacent to an activating group) is 1. The second-order valence-electron chi connectivity index (χ2n) is 6.68. The highest BCUT2D eigenvalue weighted by molar-refractivity contribution is 5.81. The predicted molar refractivity (Wildman–Crippen MR) is 80.6 cm³/mol. The normalized spacial score (nSPS) is 38.9. The first-order valence-corrected chi connectivity index (χ1v) is 8.14. The minimum atomic E-state index is -0.457. The van der Waals surface area contributed by atoms with Gasteiger partial charge in [0.2, 0.25) is 0 Å². The Bertz CT molecular complexity index is 347. The molecule has 4 nitrogen and oxygen atoms in total. The van der Waals surface area contributed by atoms with Crippen LogP contribution in [0.1, 0.15) is 52.9 Å². The van der Waals surface area contributed by atoms with Crippen LogP contribution in [-0.4, -0.2) is 48.7 Å². The van der Waals surface area contributed by atoms with Crippen molar-refractivity contribution in [3.05, 3.63) is 0 Å². The van der Waals surface area contributed by atoms with Gasteiger partial charge in [0.05, 0.1) is 6.61 Å². The van der Waals surface area contributed by atoms with Gasteiger partial charge in [0.15, 0.2) is 0 Å². The van der Waals surface area contributed by atoms with E-state index in [1.54, 1.807) is 0 Å². The molecule has 1 saturated carbocycles. The van der Waals surface area contributed by atoms with Crippen LogP contribution in [0.5, 0.6) is 0 Å². The minimum Gasteiger partial charge on any atom is -0.465 e. The van der Waals surface area contributed by atoms with Gasteiger partial charge in [0.25, 0.3) is 0 Å². The Morgan fingerprint density at radius 1 is 1.35 bits per heavy atom. The molecule has 0 spiro atoms. The molecule has 2 aliphatic rings. The number of hydrogen-bond acceptors (Lipinski definition) is 4. The van der Waals surface area contributed by atoms with E-state index in [1.807, 2.05) is 14.0 Å². The maximum absolute atomic E-state index is 12.3. The smallest absolute Gasteiger partial charge is 0.326 e. The Morgan fingerprint density at radius 2 is 2.10 bits per heavy atom. The second kappa shape index (κ2) is 6.44. The van der Waals surface area contributed by atoms with Crippen LogP contribution in [-0.2, 0) is 9.53 Å². The summed E-state index contributed by atoms with van der Waals surface area (Å²) in [6.45, 7) is 8.18. The van der Waals surface area contributed by atoms with Crippen LogP contribution in [0.4, 0.5) is 0 Å². The van der Waals surface area contributed by atoms with Gasteiger partial charge in [0, 0.05) is 18.6 Å². The van der Waals surface area contributed by atoms with Crippen LogP contribution in [0.3, 0.4) is 0 Å². The highest BCUT2D eigenvalue weighted by Gasteiger charge is 2.48. The molecule has 2 rings (SSSR count). The Labute approximate surface area is 123 Å². The average molecular weight is 282 g/mol. The number of likely N-dealkylation sites (tertiary alicyclic amines) is 1. The first-order valence-electron chi connectivity index (χ1n) is 8.14. The molecule has 116 valence electrons. The van der Waals surface area contributed by atoms with Crippen molar-refractivity contribution in [3.8, 4) is 0 Å². The molecule has 2 fully saturated rings. The summed E-state index contributed by atoms with van der Waals surface area (Å²) in [7, 11) is 1.89. The van der Waals surface area contributed by atoms with Crippen molar-refractivity contribution in [1.29, 1.82) is 0 Å². The zero-order chi connectivity index (χ0) is 14.8. The summed E-state index contributed by atoms with van der Waals surface area (Å²) in [5.74, 6) is 0.709. The number of hydrogen-bond donors (Lipinski definition) is 1. The number of carbonyl (C=O) groups excluding carboxylic acids is 1. The third-order valence-corrected chi connectivity index (χ3v) is 5.27. The fourth-order valence-corrected chi connectivity index (χ4v) is 3.92. The Morgan fingerprint density at radius 3 is 2.75 bits per heavy atom. The van der Waals surface area contributed by atoms with Gasteiger partial charge in [-0.25, -0.2) is 0 Å². The molecule has 1 aliphatic heterocycles. The number of piperidine rings is 1. The maximum Gasteiger partial charge on any atom is 0.326 e. The van der Waals surface area contributed by atoms with E-state index in [4.69, 9.17) is 4.74 Å². The number of nitrogens with one attached hydrogen (secondary N) is 1. The van der Waals surface area contributed by atoms with Crippen LogP contribution >= 0.6 is 0 Å². The monoisotopic (exact) mass is 282 g/mol. The number of carbonyl (C=O) groups is 1. The third kappa shape index (κ3) is 3.01. The lowest BCUT2D eigenvalue weighted by Gasteiger charge is -2.41. The van der Waals surface area contributed by atoms with Gasteiger partial charge in [-0.15, -0.1) is 0 Å². The van der Waals surface area contributed by atoms with Gasteiger partial charge in [-0.2, -0.15) is 0 Å². The molecule has 0 amide bonds. The molecule has 1 saturated heterocycles. The molecule has 0 aromatic heterocycles. The second-order valence-corrected chi connectivity index (χ2v) is 6.68. The number of esters is 1. The summed E-state index contributed by atoms with van der Waals surface area (Å²) >= 11 is 0. The predicted octanol–water partition coefficient (Wildman–Crippen LogP) is 2.18. The standard InChI is InChI=1S/C16H30N2O2/c1-5-20-15(19)16(17-4)9-8-14(10-16)18-11-12(2)6-7-13(18)3/h12-14,17H,5-11H2,1-4H3. The zero-order valence-corrected chi connectivity index (χ0v) is 13.4. The first-order chi connectivity index (χ1) is 9.52. The van der Waals surface area contributed by atoms with Gasteiger partial charge in [-0.1, -0.05) is 6.92 Å². The van der Waals surface area contributed by atoms with E-state index in [-0.39, 0.29) is 5.97 Å². The van der Waals surface area contributed by atoms with E-state index in [0.29, 0.717) is 18.7 Å². The molecule has 0 bridgehead atoms. The molecule has 1 aliphatic carbocycles. The maximum atomic E-state index is 12.3. The molecule has 1 N–H and O–H groups in total. The highest BCUT2D eigenvalue weighted by atomic mass is 16.5. The fraction of sp³-hybridized carbons (Fsp3) is 0.938. The van der Waals surface area contributed by atoms with Gasteiger partial charge in [-0.05, 0) is 58.9 Å². The van der Waals surface area contributed by atoms with E-state index in [9.17, 15) is 4.79 Å². The number of rotatable bonds is 4. The topological polar surface area (TPSA) is 41.6 Å². The van der Waals surface area contributed by atoms with E-state index < -0.39 is 5.54 Å². The van der Waals surface area contributed by atoms with Crippen molar-refractivity contribution in [2.24, 2.45) is 5.92 Å².